The number of hydrogen-bond acceptors (Lipinski definition) is 2. The molecule has 0 saturated heterocycles. The fraction of sp³-hybridized carbons (Fsp3) is 0.250. The minimum atomic E-state index is 0.321. The monoisotopic (exact) mass is 367 g/mol. The lowest BCUT2D eigenvalue weighted by atomic mass is 9.99. The van der Waals surface area contributed by atoms with Crippen molar-refractivity contribution in [2.45, 2.75) is 12.5 Å². The van der Waals surface area contributed by atoms with Crippen molar-refractivity contribution < 1.29 is 4.74 Å². The van der Waals surface area contributed by atoms with E-state index in [0.29, 0.717) is 6.04 Å². The first kappa shape index (κ1) is 14.3. The van der Waals surface area contributed by atoms with Crippen LogP contribution in [0, 0.1) is 3.57 Å². The summed E-state index contributed by atoms with van der Waals surface area (Å²) in [5.41, 5.74) is 2.59. The molecule has 0 fully saturated rings. The molecule has 0 radical (unpaired) electrons. The lowest BCUT2D eigenvalue weighted by Gasteiger charge is -2.17. The molecule has 0 spiro atoms. The number of methoxy groups -OCH3 is 1. The second-order valence-corrected chi connectivity index (χ2v) is 5.70. The molecule has 1 atom stereocenters. The Morgan fingerprint density at radius 2 is 1.95 bits per heavy atom. The molecule has 100 valence electrons. The zero-order valence-corrected chi connectivity index (χ0v) is 13.3. The van der Waals surface area contributed by atoms with Gasteiger partial charge < -0.3 is 10.1 Å². The van der Waals surface area contributed by atoms with E-state index in [1.54, 1.807) is 7.11 Å². The van der Waals surface area contributed by atoms with Crippen molar-refractivity contribution in [2.24, 2.45) is 0 Å². The molecule has 1 N–H and O–H groups in total. The van der Waals surface area contributed by atoms with E-state index >= 15 is 0 Å². The zero-order chi connectivity index (χ0) is 13.7. The highest BCUT2D eigenvalue weighted by molar-refractivity contribution is 14.1. The molecule has 0 heterocycles. The Kier molecular flexibility index (Phi) is 5.22. The van der Waals surface area contributed by atoms with Crippen LogP contribution in [0.1, 0.15) is 17.2 Å². The minimum Gasteiger partial charge on any atom is -0.497 e. The van der Waals surface area contributed by atoms with E-state index in [9.17, 15) is 0 Å². The molecule has 0 amide bonds. The molecule has 0 aromatic heterocycles. The molecule has 0 aliphatic rings. The van der Waals surface area contributed by atoms with Gasteiger partial charge in [-0.2, -0.15) is 0 Å². The van der Waals surface area contributed by atoms with E-state index in [1.807, 2.05) is 19.2 Å². The van der Waals surface area contributed by atoms with Crippen LogP contribution in [0.25, 0.3) is 0 Å². The number of rotatable bonds is 5. The molecule has 19 heavy (non-hydrogen) atoms. The normalized spacial score (nSPS) is 12.2. The van der Waals surface area contributed by atoms with Gasteiger partial charge in [-0.1, -0.05) is 24.3 Å². The van der Waals surface area contributed by atoms with Crippen molar-refractivity contribution in [1.29, 1.82) is 0 Å². The van der Waals surface area contributed by atoms with Crippen LogP contribution in [0.3, 0.4) is 0 Å². The van der Waals surface area contributed by atoms with E-state index in [4.69, 9.17) is 4.74 Å². The van der Waals surface area contributed by atoms with Gasteiger partial charge in [0.05, 0.1) is 7.11 Å². The van der Waals surface area contributed by atoms with Gasteiger partial charge in [-0.25, -0.2) is 0 Å². The maximum atomic E-state index is 5.27. The topological polar surface area (TPSA) is 21.3 Å². The average molecular weight is 367 g/mol. The summed E-state index contributed by atoms with van der Waals surface area (Å²) in [5, 5.41) is 3.39. The molecule has 2 nitrogen and oxygen atoms in total. The minimum absolute atomic E-state index is 0.321. The summed E-state index contributed by atoms with van der Waals surface area (Å²) < 4.78 is 6.54. The van der Waals surface area contributed by atoms with E-state index in [-0.39, 0.29) is 0 Å². The predicted octanol–water partition coefficient (Wildman–Crippen LogP) is 3.80. The van der Waals surface area contributed by atoms with Gasteiger partial charge in [-0.05, 0) is 71.5 Å². The van der Waals surface area contributed by atoms with Crippen LogP contribution in [-0.4, -0.2) is 14.2 Å². The summed E-state index contributed by atoms with van der Waals surface area (Å²) in [4.78, 5) is 0. The first-order valence-electron chi connectivity index (χ1n) is 6.28. The van der Waals surface area contributed by atoms with E-state index in [2.05, 4.69) is 64.3 Å². The van der Waals surface area contributed by atoms with Crippen molar-refractivity contribution in [2.75, 3.05) is 14.2 Å². The van der Waals surface area contributed by atoms with Gasteiger partial charge in [0.2, 0.25) is 0 Å². The number of ether oxygens (including phenoxy) is 1. The quantitative estimate of drug-likeness (QED) is 0.812. The Balaban J connectivity index is 2.18. The number of nitrogens with one attached hydrogen (secondary N) is 1. The largest absolute Gasteiger partial charge is 0.497 e. The predicted molar refractivity (Wildman–Crippen MR) is 87.7 cm³/mol. The Bertz CT molecular complexity index is 542. The molecule has 0 bridgehead atoms. The Hall–Kier alpha value is -1.07. The molecule has 0 saturated carbocycles. The Labute approximate surface area is 128 Å². The van der Waals surface area contributed by atoms with Crippen LogP contribution in [0.2, 0.25) is 0 Å². The fourth-order valence-electron chi connectivity index (χ4n) is 2.15. The summed E-state index contributed by atoms with van der Waals surface area (Å²) in [6.45, 7) is 0. The maximum Gasteiger partial charge on any atom is 0.119 e. The zero-order valence-electron chi connectivity index (χ0n) is 11.2. The smallest absolute Gasteiger partial charge is 0.119 e. The Morgan fingerprint density at radius 1 is 1.16 bits per heavy atom. The van der Waals surface area contributed by atoms with Gasteiger partial charge in [0, 0.05) is 9.61 Å². The second-order valence-electron chi connectivity index (χ2n) is 4.45. The summed E-state index contributed by atoms with van der Waals surface area (Å²) in [7, 11) is 3.71. The van der Waals surface area contributed by atoms with Crippen LogP contribution in [0.15, 0.2) is 48.5 Å². The van der Waals surface area contributed by atoms with Crippen LogP contribution in [-0.2, 0) is 6.42 Å². The van der Waals surface area contributed by atoms with Crippen molar-refractivity contribution in [3.8, 4) is 5.75 Å². The molecular weight excluding hydrogens is 349 g/mol. The molecule has 0 aliphatic carbocycles. The highest BCUT2D eigenvalue weighted by atomic mass is 127. The number of likely N-dealkylation sites (N-methyl/N-ethyl adjacent to an activating group) is 1. The molecule has 2 aromatic rings. The Morgan fingerprint density at radius 3 is 2.63 bits per heavy atom. The first-order chi connectivity index (χ1) is 9.22. The van der Waals surface area contributed by atoms with Crippen molar-refractivity contribution in [3.63, 3.8) is 0 Å². The van der Waals surface area contributed by atoms with Crippen molar-refractivity contribution >= 4 is 22.6 Å². The number of halogens is 1. The lowest BCUT2D eigenvalue weighted by Crippen LogP contribution is -2.18. The van der Waals surface area contributed by atoms with Gasteiger partial charge in [0.25, 0.3) is 0 Å². The highest BCUT2D eigenvalue weighted by Crippen LogP contribution is 2.22. The standard InChI is InChI=1S/C16H18INO/c1-18-16(13-6-4-7-14(17)11-13)10-12-5-3-8-15(9-12)19-2/h3-9,11,16,18H,10H2,1-2H3. The molecule has 2 rings (SSSR count). The highest BCUT2D eigenvalue weighted by Gasteiger charge is 2.10. The third kappa shape index (κ3) is 3.94. The molecule has 3 heteroatoms. The maximum absolute atomic E-state index is 5.27. The molecule has 2 aromatic carbocycles. The third-order valence-corrected chi connectivity index (χ3v) is 3.84. The number of benzene rings is 2. The number of hydrogen-bond donors (Lipinski definition) is 1. The van der Waals surface area contributed by atoms with Gasteiger partial charge in [0.1, 0.15) is 5.75 Å². The van der Waals surface area contributed by atoms with Gasteiger partial charge in [-0.15, -0.1) is 0 Å². The summed E-state index contributed by atoms with van der Waals surface area (Å²) in [6, 6.07) is 17.2. The molecule has 1 unspecified atom stereocenters. The average Bonchev–Trinajstić information content (AvgIpc) is 2.45. The van der Waals surface area contributed by atoms with Crippen LogP contribution >= 0.6 is 22.6 Å². The third-order valence-electron chi connectivity index (χ3n) is 3.17. The SMILES string of the molecule is CNC(Cc1cccc(OC)c1)c1cccc(I)c1. The van der Waals surface area contributed by atoms with Gasteiger partial charge in [0.15, 0.2) is 0 Å². The van der Waals surface area contributed by atoms with Crippen LogP contribution in [0.5, 0.6) is 5.75 Å². The lowest BCUT2D eigenvalue weighted by molar-refractivity contribution is 0.414. The summed E-state index contributed by atoms with van der Waals surface area (Å²) in [5.74, 6) is 0.912. The second kappa shape index (κ2) is 6.91. The van der Waals surface area contributed by atoms with E-state index in [1.165, 1.54) is 14.7 Å². The van der Waals surface area contributed by atoms with E-state index < -0.39 is 0 Å². The summed E-state index contributed by atoms with van der Waals surface area (Å²) in [6.07, 6.45) is 0.952. The fourth-order valence-corrected chi connectivity index (χ4v) is 2.71. The molecular formula is C16H18INO. The van der Waals surface area contributed by atoms with Gasteiger partial charge >= 0.3 is 0 Å². The van der Waals surface area contributed by atoms with Crippen LogP contribution in [0.4, 0.5) is 0 Å². The summed E-state index contributed by atoms with van der Waals surface area (Å²) >= 11 is 2.35. The van der Waals surface area contributed by atoms with E-state index in [0.717, 1.165) is 12.2 Å². The van der Waals surface area contributed by atoms with Gasteiger partial charge in [-0.3, -0.25) is 0 Å². The van der Waals surface area contributed by atoms with Crippen LogP contribution < -0.4 is 10.1 Å². The first-order valence-corrected chi connectivity index (χ1v) is 7.36. The molecule has 0 aliphatic heterocycles. The van der Waals surface area contributed by atoms with Crippen molar-refractivity contribution in [1.82, 2.24) is 5.32 Å². The van der Waals surface area contributed by atoms with Crippen molar-refractivity contribution in [3.05, 3.63) is 63.2 Å².